The molecule has 0 amide bonds. The van der Waals surface area contributed by atoms with Crippen LogP contribution in [0.2, 0.25) is 5.02 Å². The average Bonchev–Trinajstić information content (AvgIpc) is 2.78. The first-order valence-corrected chi connectivity index (χ1v) is 5.19. The molecule has 0 unspecified atom stereocenters. The SMILES string of the molecule is O=[N+]([O-])c1ccc(Cl)cc1NCc1cnc[nH]1. The van der Waals surface area contributed by atoms with Crippen LogP contribution in [0, 0.1) is 10.1 Å². The van der Waals surface area contributed by atoms with Crippen LogP contribution in [0.1, 0.15) is 5.69 Å². The van der Waals surface area contributed by atoms with Gasteiger partial charge in [-0.05, 0) is 12.1 Å². The molecule has 1 aromatic carbocycles. The lowest BCUT2D eigenvalue weighted by molar-refractivity contribution is -0.384. The Labute approximate surface area is 102 Å². The highest BCUT2D eigenvalue weighted by atomic mass is 35.5. The molecule has 17 heavy (non-hydrogen) atoms. The summed E-state index contributed by atoms with van der Waals surface area (Å²) in [6, 6.07) is 4.38. The monoisotopic (exact) mass is 252 g/mol. The standard InChI is InChI=1S/C10H9ClN4O2/c11-7-1-2-10(15(16)17)9(3-7)13-5-8-4-12-6-14-8/h1-4,6,13H,5H2,(H,12,14). The Kier molecular flexibility index (Phi) is 3.24. The van der Waals surface area contributed by atoms with E-state index in [4.69, 9.17) is 11.6 Å². The van der Waals surface area contributed by atoms with E-state index < -0.39 is 4.92 Å². The minimum Gasteiger partial charge on any atom is -0.374 e. The third-order valence-corrected chi connectivity index (χ3v) is 2.41. The summed E-state index contributed by atoms with van der Waals surface area (Å²) in [5, 5.41) is 14.2. The Hall–Kier alpha value is -2.08. The summed E-state index contributed by atoms with van der Waals surface area (Å²) in [6.07, 6.45) is 3.19. The first-order valence-electron chi connectivity index (χ1n) is 4.82. The molecule has 7 heteroatoms. The number of imidazole rings is 1. The van der Waals surface area contributed by atoms with E-state index in [2.05, 4.69) is 15.3 Å². The Morgan fingerprint density at radius 3 is 3.00 bits per heavy atom. The fraction of sp³-hybridized carbons (Fsp3) is 0.100. The van der Waals surface area contributed by atoms with Crippen LogP contribution in [0.25, 0.3) is 0 Å². The number of halogens is 1. The van der Waals surface area contributed by atoms with Gasteiger partial charge in [-0.1, -0.05) is 11.6 Å². The van der Waals surface area contributed by atoms with E-state index in [9.17, 15) is 10.1 Å². The highest BCUT2D eigenvalue weighted by molar-refractivity contribution is 6.31. The molecule has 0 saturated heterocycles. The molecule has 0 aliphatic heterocycles. The molecule has 0 bridgehead atoms. The quantitative estimate of drug-likeness (QED) is 0.647. The van der Waals surface area contributed by atoms with Crippen LogP contribution in [0.4, 0.5) is 11.4 Å². The fourth-order valence-corrected chi connectivity index (χ4v) is 1.55. The van der Waals surface area contributed by atoms with Crippen molar-refractivity contribution in [3.05, 3.63) is 51.6 Å². The van der Waals surface area contributed by atoms with E-state index in [1.165, 1.54) is 18.2 Å². The first kappa shape index (κ1) is 11.4. The number of rotatable bonds is 4. The van der Waals surface area contributed by atoms with Gasteiger partial charge in [0, 0.05) is 17.3 Å². The van der Waals surface area contributed by atoms with Gasteiger partial charge in [0.2, 0.25) is 0 Å². The molecule has 0 aliphatic carbocycles. The van der Waals surface area contributed by atoms with Crippen LogP contribution in [0.15, 0.2) is 30.7 Å². The zero-order valence-corrected chi connectivity index (χ0v) is 9.44. The number of H-pyrrole nitrogens is 1. The van der Waals surface area contributed by atoms with E-state index in [1.807, 2.05) is 0 Å². The maximum atomic E-state index is 10.8. The predicted octanol–water partition coefficient (Wildman–Crippen LogP) is 2.58. The van der Waals surface area contributed by atoms with E-state index in [1.54, 1.807) is 12.5 Å². The molecule has 2 N–H and O–H groups in total. The van der Waals surface area contributed by atoms with Crippen LogP contribution in [-0.2, 0) is 6.54 Å². The molecule has 0 saturated carbocycles. The van der Waals surface area contributed by atoms with Gasteiger partial charge in [0.15, 0.2) is 0 Å². The van der Waals surface area contributed by atoms with E-state index in [0.717, 1.165) is 5.69 Å². The number of aromatic amines is 1. The number of aromatic nitrogens is 2. The summed E-state index contributed by atoms with van der Waals surface area (Å²) < 4.78 is 0. The predicted molar refractivity (Wildman–Crippen MR) is 64.0 cm³/mol. The fourth-order valence-electron chi connectivity index (χ4n) is 1.38. The van der Waals surface area contributed by atoms with Crippen molar-refractivity contribution < 1.29 is 4.92 Å². The number of benzene rings is 1. The van der Waals surface area contributed by atoms with Crippen molar-refractivity contribution in [2.75, 3.05) is 5.32 Å². The van der Waals surface area contributed by atoms with Gasteiger partial charge in [-0.2, -0.15) is 0 Å². The van der Waals surface area contributed by atoms with E-state index in [-0.39, 0.29) is 5.69 Å². The molecule has 2 aromatic rings. The molecule has 2 rings (SSSR count). The van der Waals surface area contributed by atoms with Crippen molar-refractivity contribution in [1.29, 1.82) is 0 Å². The van der Waals surface area contributed by atoms with Gasteiger partial charge in [0.05, 0.1) is 23.5 Å². The van der Waals surface area contributed by atoms with Gasteiger partial charge in [-0.3, -0.25) is 10.1 Å². The Morgan fingerprint density at radius 1 is 1.53 bits per heavy atom. The Balaban J connectivity index is 2.19. The van der Waals surface area contributed by atoms with Crippen molar-refractivity contribution in [1.82, 2.24) is 9.97 Å². The molecular formula is C10H9ClN4O2. The summed E-state index contributed by atoms with van der Waals surface area (Å²) in [5.41, 5.74) is 1.21. The largest absolute Gasteiger partial charge is 0.374 e. The summed E-state index contributed by atoms with van der Waals surface area (Å²) >= 11 is 5.80. The number of nitro groups is 1. The lowest BCUT2D eigenvalue weighted by Crippen LogP contribution is -2.02. The third-order valence-electron chi connectivity index (χ3n) is 2.18. The lowest BCUT2D eigenvalue weighted by atomic mass is 10.2. The highest BCUT2D eigenvalue weighted by Gasteiger charge is 2.13. The minimum atomic E-state index is -0.453. The summed E-state index contributed by atoms with van der Waals surface area (Å²) in [5.74, 6) is 0. The second-order valence-electron chi connectivity index (χ2n) is 3.35. The van der Waals surface area contributed by atoms with Crippen LogP contribution < -0.4 is 5.32 Å². The maximum absolute atomic E-state index is 10.8. The number of nitro benzene ring substituents is 1. The van der Waals surface area contributed by atoms with Gasteiger partial charge >= 0.3 is 0 Å². The second-order valence-corrected chi connectivity index (χ2v) is 3.79. The smallest absolute Gasteiger partial charge is 0.292 e. The van der Waals surface area contributed by atoms with Crippen molar-refractivity contribution in [2.24, 2.45) is 0 Å². The molecule has 88 valence electrons. The first-order chi connectivity index (χ1) is 8.16. The topological polar surface area (TPSA) is 83.8 Å². The van der Waals surface area contributed by atoms with Gasteiger partial charge in [0.1, 0.15) is 5.69 Å². The normalized spacial score (nSPS) is 10.2. The number of hydrogen-bond acceptors (Lipinski definition) is 4. The van der Waals surface area contributed by atoms with Crippen LogP contribution in [-0.4, -0.2) is 14.9 Å². The van der Waals surface area contributed by atoms with Crippen LogP contribution in [0.5, 0.6) is 0 Å². The molecule has 6 nitrogen and oxygen atoms in total. The molecule has 0 spiro atoms. The van der Waals surface area contributed by atoms with Crippen LogP contribution >= 0.6 is 11.6 Å². The Morgan fingerprint density at radius 2 is 2.35 bits per heavy atom. The lowest BCUT2D eigenvalue weighted by Gasteiger charge is -2.06. The molecule has 0 aliphatic rings. The summed E-state index contributed by atoms with van der Waals surface area (Å²) in [6.45, 7) is 0.418. The van der Waals surface area contributed by atoms with Gasteiger partial charge in [0.25, 0.3) is 5.69 Å². The van der Waals surface area contributed by atoms with Gasteiger partial charge in [-0.25, -0.2) is 4.98 Å². The van der Waals surface area contributed by atoms with Crippen molar-refractivity contribution >= 4 is 23.0 Å². The Bertz CT molecular complexity index is 527. The molecule has 0 atom stereocenters. The van der Waals surface area contributed by atoms with Crippen LogP contribution in [0.3, 0.4) is 0 Å². The molecule has 0 radical (unpaired) electrons. The molecule has 1 aromatic heterocycles. The molecule has 1 heterocycles. The number of nitrogens with zero attached hydrogens (tertiary/aromatic N) is 2. The molecule has 0 fully saturated rings. The van der Waals surface area contributed by atoms with Gasteiger partial charge in [-0.15, -0.1) is 0 Å². The number of anilines is 1. The highest BCUT2D eigenvalue weighted by Crippen LogP contribution is 2.27. The second kappa shape index (κ2) is 4.84. The average molecular weight is 253 g/mol. The zero-order chi connectivity index (χ0) is 12.3. The van der Waals surface area contributed by atoms with E-state index in [0.29, 0.717) is 17.3 Å². The number of hydrogen-bond donors (Lipinski definition) is 2. The van der Waals surface area contributed by atoms with Crippen molar-refractivity contribution in [2.45, 2.75) is 6.54 Å². The summed E-state index contributed by atoms with van der Waals surface area (Å²) in [7, 11) is 0. The zero-order valence-electron chi connectivity index (χ0n) is 8.68. The van der Waals surface area contributed by atoms with E-state index >= 15 is 0 Å². The molecular weight excluding hydrogens is 244 g/mol. The summed E-state index contributed by atoms with van der Waals surface area (Å²) in [4.78, 5) is 17.1. The third kappa shape index (κ3) is 2.73. The number of nitrogens with one attached hydrogen (secondary N) is 2. The van der Waals surface area contributed by atoms with Crippen molar-refractivity contribution in [3.8, 4) is 0 Å². The minimum absolute atomic E-state index is 0.00563. The van der Waals surface area contributed by atoms with Gasteiger partial charge < -0.3 is 10.3 Å². The maximum Gasteiger partial charge on any atom is 0.292 e. The van der Waals surface area contributed by atoms with Crippen molar-refractivity contribution in [3.63, 3.8) is 0 Å².